The van der Waals surface area contributed by atoms with E-state index >= 15 is 0 Å². The number of ether oxygens (including phenoxy) is 1. The summed E-state index contributed by atoms with van der Waals surface area (Å²) >= 11 is 0. The average molecular weight is 277 g/mol. The average Bonchev–Trinajstić information content (AvgIpc) is 2.47. The van der Waals surface area contributed by atoms with Gasteiger partial charge in [0.15, 0.2) is 0 Å². The van der Waals surface area contributed by atoms with Crippen molar-refractivity contribution in [3.63, 3.8) is 0 Å². The molecule has 1 aromatic carbocycles. The number of benzene rings is 1. The van der Waals surface area contributed by atoms with Gasteiger partial charge in [-0.2, -0.15) is 0 Å². The Labute approximate surface area is 120 Å². The Morgan fingerprint density at radius 1 is 1.55 bits per heavy atom. The molecule has 5 nitrogen and oxygen atoms in total. The van der Waals surface area contributed by atoms with E-state index in [4.69, 9.17) is 10.5 Å². The Morgan fingerprint density at radius 2 is 2.35 bits per heavy atom. The van der Waals surface area contributed by atoms with Crippen molar-refractivity contribution in [3.05, 3.63) is 23.8 Å². The van der Waals surface area contributed by atoms with Crippen molar-refractivity contribution in [2.24, 2.45) is 11.7 Å². The zero-order valence-electron chi connectivity index (χ0n) is 12.2. The first-order valence-corrected chi connectivity index (χ1v) is 7.07. The van der Waals surface area contributed by atoms with Gasteiger partial charge in [-0.25, -0.2) is 4.79 Å². The third-order valence-electron chi connectivity index (χ3n) is 3.69. The van der Waals surface area contributed by atoms with Crippen LogP contribution < -0.4 is 15.8 Å². The molecule has 0 radical (unpaired) electrons. The molecule has 0 aliphatic carbocycles. The number of amides is 2. The molecule has 0 spiro atoms. The van der Waals surface area contributed by atoms with E-state index in [2.05, 4.69) is 12.2 Å². The van der Waals surface area contributed by atoms with Crippen molar-refractivity contribution >= 4 is 11.7 Å². The highest BCUT2D eigenvalue weighted by Gasteiger charge is 2.21. The normalized spacial score (nSPS) is 18.8. The maximum atomic E-state index is 12.3. The van der Waals surface area contributed by atoms with Crippen LogP contribution in [0.4, 0.5) is 10.5 Å². The summed E-state index contributed by atoms with van der Waals surface area (Å²) in [6, 6.07) is 5.54. The lowest BCUT2D eigenvalue weighted by atomic mass is 10.0. The summed E-state index contributed by atoms with van der Waals surface area (Å²) in [4.78, 5) is 14.1. The van der Waals surface area contributed by atoms with Gasteiger partial charge in [-0.3, -0.25) is 0 Å². The second-order valence-electron chi connectivity index (χ2n) is 5.36. The number of nitrogens with one attached hydrogen (secondary N) is 1. The fraction of sp³-hybridized carbons (Fsp3) is 0.533. The van der Waals surface area contributed by atoms with E-state index in [0.717, 1.165) is 25.1 Å². The molecule has 2 rings (SSSR count). The van der Waals surface area contributed by atoms with Crippen LogP contribution in [0.25, 0.3) is 0 Å². The first-order chi connectivity index (χ1) is 9.63. The molecule has 20 heavy (non-hydrogen) atoms. The third-order valence-corrected chi connectivity index (χ3v) is 3.69. The van der Waals surface area contributed by atoms with Crippen LogP contribution in [0.15, 0.2) is 18.2 Å². The molecule has 1 saturated heterocycles. The summed E-state index contributed by atoms with van der Waals surface area (Å²) in [5.74, 6) is 1.21. The lowest BCUT2D eigenvalue weighted by Crippen LogP contribution is -2.41. The van der Waals surface area contributed by atoms with Crippen LogP contribution >= 0.6 is 0 Å². The lowest BCUT2D eigenvalue weighted by Gasteiger charge is -2.31. The fourth-order valence-electron chi connectivity index (χ4n) is 2.53. The van der Waals surface area contributed by atoms with Crippen molar-refractivity contribution in [3.8, 4) is 5.75 Å². The number of methoxy groups -OCH3 is 1. The fourth-order valence-corrected chi connectivity index (χ4v) is 2.53. The summed E-state index contributed by atoms with van der Waals surface area (Å²) < 4.78 is 5.31. The third kappa shape index (κ3) is 3.42. The van der Waals surface area contributed by atoms with Crippen LogP contribution in [0.3, 0.4) is 0 Å². The van der Waals surface area contributed by atoms with Crippen LogP contribution in [0.5, 0.6) is 5.75 Å². The molecular formula is C15H23N3O2. The molecule has 1 aliphatic rings. The zero-order chi connectivity index (χ0) is 14.5. The van der Waals surface area contributed by atoms with E-state index in [1.54, 1.807) is 7.11 Å². The summed E-state index contributed by atoms with van der Waals surface area (Å²) in [6.07, 6.45) is 2.26. The second kappa shape index (κ2) is 6.61. The highest BCUT2D eigenvalue weighted by Crippen LogP contribution is 2.26. The van der Waals surface area contributed by atoms with Crippen molar-refractivity contribution in [2.45, 2.75) is 26.3 Å². The van der Waals surface area contributed by atoms with Crippen LogP contribution in [0.1, 0.15) is 25.3 Å². The molecule has 2 amide bonds. The first-order valence-electron chi connectivity index (χ1n) is 7.07. The van der Waals surface area contributed by atoms with Gasteiger partial charge in [0, 0.05) is 19.6 Å². The van der Waals surface area contributed by atoms with Crippen molar-refractivity contribution < 1.29 is 9.53 Å². The number of carbonyl (C=O) groups is 1. The van der Waals surface area contributed by atoms with Gasteiger partial charge in [0.2, 0.25) is 0 Å². The van der Waals surface area contributed by atoms with Crippen molar-refractivity contribution in [1.29, 1.82) is 0 Å². The number of urea groups is 1. The van der Waals surface area contributed by atoms with Gasteiger partial charge in [0.05, 0.1) is 12.8 Å². The van der Waals surface area contributed by atoms with Crippen LogP contribution in [-0.2, 0) is 6.54 Å². The quantitative estimate of drug-likeness (QED) is 0.891. The largest absolute Gasteiger partial charge is 0.495 e. The molecule has 1 aromatic rings. The summed E-state index contributed by atoms with van der Waals surface area (Å²) in [7, 11) is 1.59. The molecule has 0 bridgehead atoms. The molecule has 0 aromatic heterocycles. The number of hydrogen-bond acceptors (Lipinski definition) is 3. The highest BCUT2D eigenvalue weighted by atomic mass is 16.5. The zero-order valence-corrected chi connectivity index (χ0v) is 12.2. The maximum Gasteiger partial charge on any atom is 0.321 e. The predicted octanol–water partition coefficient (Wildman–Crippen LogP) is 2.42. The van der Waals surface area contributed by atoms with E-state index < -0.39 is 0 Å². The minimum atomic E-state index is -0.0599. The van der Waals surface area contributed by atoms with Crippen molar-refractivity contribution in [1.82, 2.24) is 4.90 Å². The number of likely N-dealkylation sites (tertiary alicyclic amines) is 1. The van der Waals surface area contributed by atoms with Gasteiger partial charge in [0.25, 0.3) is 0 Å². The van der Waals surface area contributed by atoms with E-state index in [0.29, 0.717) is 23.9 Å². The number of hydrogen-bond donors (Lipinski definition) is 2. The van der Waals surface area contributed by atoms with Gasteiger partial charge in [-0.15, -0.1) is 0 Å². The number of piperidine rings is 1. The van der Waals surface area contributed by atoms with Gasteiger partial charge >= 0.3 is 6.03 Å². The lowest BCUT2D eigenvalue weighted by molar-refractivity contribution is 0.182. The minimum Gasteiger partial charge on any atom is -0.495 e. The molecule has 1 heterocycles. The SMILES string of the molecule is COc1cc(CN)ccc1NC(=O)N1CCCC(C)C1. The van der Waals surface area contributed by atoms with Gasteiger partial charge in [-0.05, 0) is 36.5 Å². The van der Waals surface area contributed by atoms with E-state index in [-0.39, 0.29) is 6.03 Å². The molecule has 110 valence electrons. The van der Waals surface area contributed by atoms with Gasteiger partial charge < -0.3 is 20.7 Å². The van der Waals surface area contributed by atoms with Crippen LogP contribution in [0, 0.1) is 5.92 Å². The molecular weight excluding hydrogens is 254 g/mol. The highest BCUT2D eigenvalue weighted by molar-refractivity contribution is 5.91. The molecule has 3 N–H and O–H groups in total. The summed E-state index contributed by atoms with van der Waals surface area (Å²) in [5, 5.41) is 2.92. The number of carbonyl (C=O) groups excluding carboxylic acids is 1. The maximum absolute atomic E-state index is 12.3. The number of nitrogens with zero attached hydrogens (tertiary/aromatic N) is 1. The van der Waals surface area contributed by atoms with Gasteiger partial charge in [0.1, 0.15) is 5.75 Å². The van der Waals surface area contributed by atoms with Crippen LogP contribution in [0.2, 0.25) is 0 Å². The van der Waals surface area contributed by atoms with Crippen molar-refractivity contribution in [2.75, 3.05) is 25.5 Å². The minimum absolute atomic E-state index is 0.0599. The second-order valence-corrected chi connectivity index (χ2v) is 5.36. The molecule has 5 heteroatoms. The summed E-state index contributed by atoms with van der Waals surface area (Å²) in [5.41, 5.74) is 7.27. The predicted molar refractivity (Wildman–Crippen MR) is 79.9 cm³/mol. The number of nitrogens with two attached hydrogens (primary N) is 1. The van der Waals surface area contributed by atoms with E-state index in [9.17, 15) is 4.79 Å². The Balaban J connectivity index is 2.07. The van der Waals surface area contributed by atoms with Crippen LogP contribution in [-0.4, -0.2) is 31.1 Å². The Kier molecular flexibility index (Phi) is 4.84. The Morgan fingerprint density at radius 3 is 3.00 bits per heavy atom. The Bertz CT molecular complexity index is 476. The molecule has 1 aliphatic heterocycles. The number of anilines is 1. The van der Waals surface area contributed by atoms with E-state index in [1.807, 2.05) is 23.1 Å². The monoisotopic (exact) mass is 277 g/mol. The smallest absolute Gasteiger partial charge is 0.321 e. The van der Waals surface area contributed by atoms with Gasteiger partial charge in [-0.1, -0.05) is 13.0 Å². The molecule has 1 unspecified atom stereocenters. The van der Waals surface area contributed by atoms with E-state index in [1.165, 1.54) is 6.42 Å². The number of rotatable bonds is 3. The molecule has 0 saturated carbocycles. The summed E-state index contributed by atoms with van der Waals surface area (Å²) in [6.45, 7) is 4.26. The molecule has 1 atom stereocenters. The topological polar surface area (TPSA) is 67.6 Å². The molecule has 1 fully saturated rings. The standard InChI is InChI=1S/C15H23N3O2/c1-11-4-3-7-18(10-11)15(19)17-13-6-5-12(9-16)8-14(13)20-2/h5-6,8,11H,3-4,7,9-10,16H2,1-2H3,(H,17,19). The Hall–Kier alpha value is -1.75. The first kappa shape index (κ1) is 14.7.